The van der Waals surface area contributed by atoms with Gasteiger partial charge in [0.25, 0.3) is 0 Å². The lowest BCUT2D eigenvalue weighted by Crippen LogP contribution is -2.38. The summed E-state index contributed by atoms with van der Waals surface area (Å²) in [6.45, 7) is 0.743. The van der Waals surface area contributed by atoms with Crippen molar-refractivity contribution in [1.82, 2.24) is 15.5 Å². The van der Waals surface area contributed by atoms with Crippen LogP contribution in [0.5, 0.6) is 0 Å². The van der Waals surface area contributed by atoms with Crippen molar-refractivity contribution in [2.45, 2.75) is 25.3 Å². The van der Waals surface area contributed by atoms with Gasteiger partial charge in [0.05, 0.1) is 11.5 Å². The molecule has 0 amide bonds. The van der Waals surface area contributed by atoms with Gasteiger partial charge in [0.15, 0.2) is 6.33 Å². The van der Waals surface area contributed by atoms with Crippen LogP contribution in [0.15, 0.2) is 10.9 Å². The van der Waals surface area contributed by atoms with Gasteiger partial charge in [-0.05, 0) is 12.8 Å². The van der Waals surface area contributed by atoms with Gasteiger partial charge < -0.3 is 9.84 Å². The number of sulfone groups is 1. The molecule has 0 atom stereocenters. The number of hydrogen-bond acceptors (Lipinski definition) is 6. The summed E-state index contributed by atoms with van der Waals surface area (Å²) in [4.78, 5) is 3.91. The van der Waals surface area contributed by atoms with E-state index in [9.17, 15) is 8.42 Å². The van der Waals surface area contributed by atoms with Crippen LogP contribution >= 0.6 is 0 Å². The molecule has 2 heterocycles. The normalized spacial score (nSPS) is 21.0. The fourth-order valence-corrected chi connectivity index (χ4v) is 3.27. The zero-order valence-corrected chi connectivity index (χ0v) is 9.74. The molecule has 16 heavy (non-hydrogen) atoms. The van der Waals surface area contributed by atoms with E-state index in [1.165, 1.54) is 6.33 Å². The van der Waals surface area contributed by atoms with Crippen LogP contribution in [0.1, 0.15) is 18.7 Å². The first-order valence-corrected chi connectivity index (χ1v) is 7.17. The molecule has 2 rings (SSSR count). The van der Waals surface area contributed by atoms with Crippen molar-refractivity contribution in [1.29, 1.82) is 0 Å². The summed E-state index contributed by atoms with van der Waals surface area (Å²) in [7, 11) is -2.76. The molecule has 6 nitrogen and oxygen atoms in total. The largest absolute Gasteiger partial charge is 0.340 e. The number of rotatable bonds is 4. The van der Waals surface area contributed by atoms with Gasteiger partial charge in [-0.1, -0.05) is 5.16 Å². The summed E-state index contributed by atoms with van der Waals surface area (Å²) in [5.74, 6) is 1.20. The molecule has 0 radical (unpaired) electrons. The molecule has 1 aliphatic heterocycles. The van der Waals surface area contributed by atoms with E-state index in [1.54, 1.807) is 0 Å². The topological polar surface area (TPSA) is 85.1 Å². The van der Waals surface area contributed by atoms with Crippen LogP contribution in [0, 0.1) is 0 Å². The Balaban J connectivity index is 1.68. The number of hydrogen-bond donors (Lipinski definition) is 1. The maximum atomic E-state index is 11.2. The molecule has 0 spiro atoms. The fourth-order valence-electron chi connectivity index (χ4n) is 1.78. The third-order valence-corrected chi connectivity index (χ3v) is 4.45. The van der Waals surface area contributed by atoms with Crippen LogP contribution in [0.2, 0.25) is 0 Å². The van der Waals surface area contributed by atoms with Crippen molar-refractivity contribution in [2.24, 2.45) is 0 Å². The van der Waals surface area contributed by atoms with Gasteiger partial charge in [-0.25, -0.2) is 8.42 Å². The van der Waals surface area contributed by atoms with Gasteiger partial charge >= 0.3 is 0 Å². The summed E-state index contributed by atoms with van der Waals surface area (Å²) in [5.41, 5.74) is 0. The molecule has 1 fully saturated rings. The molecule has 0 unspecified atom stereocenters. The Morgan fingerprint density at radius 3 is 2.81 bits per heavy atom. The van der Waals surface area contributed by atoms with Crippen LogP contribution in [0.4, 0.5) is 0 Å². The molecule has 7 heteroatoms. The minimum Gasteiger partial charge on any atom is -0.340 e. The number of aromatic nitrogens is 2. The Hall–Kier alpha value is -0.950. The van der Waals surface area contributed by atoms with E-state index in [1.807, 2.05) is 0 Å². The first-order valence-electron chi connectivity index (χ1n) is 5.35. The average Bonchev–Trinajstić information content (AvgIpc) is 2.73. The van der Waals surface area contributed by atoms with E-state index in [0.29, 0.717) is 42.7 Å². The van der Waals surface area contributed by atoms with E-state index >= 15 is 0 Å². The predicted octanol–water partition coefficient (Wildman–Crippen LogP) is -0.221. The van der Waals surface area contributed by atoms with Gasteiger partial charge in [-0.15, -0.1) is 0 Å². The van der Waals surface area contributed by atoms with Crippen molar-refractivity contribution < 1.29 is 12.9 Å². The molecule has 0 aromatic carbocycles. The van der Waals surface area contributed by atoms with E-state index in [4.69, 9.17) is 4.52 Å². The SMILES string of the molecule is O=S1(=O)CCC(NCCc2ncno2)CC1. The smallest absolute Gasteiger partial charge is 0.227 e. The Morgan fingerprint density at radius 2 is 2.19 bits per heavy atom. The maximum absolute atomic E-state index is 11.2. The summed E-state index contributed by atoms with van der Waals surface area (Å²) < 4.78 is 27.3. The number of nitrogens with zero attached hydrogens (tertiary/aromatic N) is 2. The third-order valence-electron chi connectivity index (χ3n) is 2.73. The zero-order chi connectivity index (χ0) is 11.4. The molecular formula is C9H15N3O3S. The number of nitrogens with one attached hydrogen (secondary N) is 1. The molecule has 1 N–H and O–H groups in total. The fraction of sp³-hybridized carbons (Fsp3) is 0.778. The lowest BCUT2D eigenvalue weighted by molar-refractivity contribution is 0.368. The molecule has 0 bridgehead atoms. The predicted molar refractivity (Wildman–Crippen MR) is 57.7 cm³/mol. The van der Waals surface area contributed by atoms with Gasteiger partial charge in [-0.3, -0.25) is 0 Å². The molecule has 0 aliphatic carbocycles. The lowest BCUT2D eigenvalue weighted by Gasteiger charge is -2.22. The van der Waals surface area contributed by atoms with E-state index in [2.05, 4.69) is 15.5 Å². The first kappa shape index (κ1) is 11.5. The van der Waals surface area contributed by atoms with E-state index < -0.39 is 9.84 Å². The van der Waals surface area contributed by atoms with Crippen molar-refractivity contribution in [3.05, 3.63) is 12.2 Å². The third kappa shape index (κ3) is 3.28. The van der Waals surface area contributed by atoms with Crippen LogP contribution in [-0.4, -0.2) is 42.7 Å². The quantitative estimate of drug-likeness (QED) is 0.789. The van der Waals surface area contributed by atoms with Gasteiger partial charge in [-0.2, -0.15) is 4.98 Å². The Morgan fingerprint density at radius 1 is 1.44 bits per heavy atom. The standard InChI is InChI=1S/C9H15N3O3S/c13-16(14)5-2-8(3-6-16)10-4-1-9-11-7-12-15-9/h7-8,10H,1-6H2. The van der Waals surface area contributed by atoms with Gasteiger partial charge in [0, 0.05) is 19.0 Å². The van der Waals surface area contributed by atoms with Crippen molar-refractivity contribution in [2.75, 3.05) is 18.1 Å². The van der Waals surface area contributed by atoms with Gasteiger partial charge in [0.1, 0.15) is 9.84 Å². The van der Waals surface area contributed by atoms with Crippen LogP contribution in [0.25, 0.3) is 0 Å². The second-order valence-electron chi connectivity index (χ2n) is 3.97. The maximum Gasteiger partial charge on any atom is 0.227 e. The summed E-state index contributed by atoms with van der Waals surface area (Å²) in [6.07, 6.45) is 3.46. The van der Waals surface area contributed by atoms with Gasteiger partial charge in [0.2, 0.25) is 5.89 Å². The summed E-state index contributed by atoms with van der Waals surface area (Å²) >= 11 is 0. The zero-order valence-electron chi connectivity index (χ0n) is 8.92. The highest BCUT2D eigenvalue weighted by atomic mass is 32.2. The second kappa shape index (κ2) is 4.92. The molecule has 0 saturated carbocycles. The molecule has 1 saturated heterocycles. The van der Waals surface area contributed by atoms with Crippen molar-refractivity contribution >= 4 is 9.84 Å². The van der Waals surface area contributed by atoms with Crippen LogP contribution in [0.3, 0.4) is 0 Å². The molecule has 1 aromatic rings. The molecule has 1 aromatic heterocycles. The summed E-state index contributed by atoms with van der Waals surface area (Å²) in [5, 5.41) is 6.82. The lowest BCUT2D eigenvalue weighted by atomic mass is 10.1. The molecule has 1 aliphatic rings. The van der Waals surface area contributed by atoms with Crippen LogP contribution < -0.4 is 5.32 Å². The van der Waals surface area contributed by atoms with Crippen LogP contribution in [-0.2, 0) is 16.3 Å². The monoisotopic (exact) mass is 245 g/mol. The minimum absolute atomic E-state index is 0.297. The Labute approximate surface area is 94.3 Å². The highest BCUT2D eigenvalue weighted by Crippen LogP contribution is 2.11. The van der Waals surface area contributed by atoms with E-state index in [0.717, 1.165) is 6.54 Å². The summed E-state index contributed by atoms with van der Waals surface area (Å²) in [6, 6.07) is 0.298. The highest BCUT2D eigenvalue weighted by Gasteiger charge is 2.22. The minimum atomic E-state index is -2.76. The molecule has 90 valence electrons. The highest BCUT2D eigenvalue weighted by molar-refractivity contribution is 7.91. The Kier molecular flexibility index (Phi) is 3.55. The van der Waals surface area contributed by atoms with Crippen molar-refractivity contribution in [3.8, 4) is 0 Å². The van der Waals surface area contributed by atoms with E-state index in [-0.39, 0.29) is 0 Å². The second-order valence-corrected chi connectivity index (χ2v) is 6.27. The first-order chi connectivity index (χ1) is 7.66. The Bertz CT molecular complexity index is 401. The van der Waals surface area contributed by atoms with Crippen molar-refractivity contribution in [3.63, 3.8) is 0 Å². The molecular weight excluding hydrogens is 230 g/mol. The average molecular weight is 245 g/mol.